The fraction of sp³-hybridized carbons (Fsp3) is 0.100. The van der Waals surface area contributed by atoms with E-state index in [0.29, 0.717) is 21.4 Å². The number of aromatic nitrogens is 1. The van der Waals surface area contributed by atoms with E-state index < -0.39 is 0 Å². The molecule has 27 heavy (non-hydrogen) atoms. The van der Waals surface area contributed by atoms with Crippen LogP contribution in [0.5, 0.6) is 5.75 Å². The first-order chi connectivity index (χ1) is 13.0. The highest BCUT2D eigenvalue weighted by molar-refractivity contribution is 9.11. The van der Waals surface area contributed by atoms with Crippen LogP contribution in [0.4, 0.5) is 4.39 Å². The average Bonchev–Trinajstić information content (AvgIpc) is 2.67. The molecule has 1 N–H and O–H groups in total. The van der Waals surface area contributed by atoms with Gasteiger partial charge in [0.05, 0.1) is 4.47 Å². The Bertz CT molecular complexity index is 935. The number of carbonyl (C=O) groups is 1. The molecule has 2 aromatic carbocycles. The van der Waals surface area contributed by atoms with Gasteiger partial charge in [-0.1, -0.05) is 42.5 Å². The molecule has 4 nitrogen and oxygen atoms in total. The van der Waals surface area contributed by atoms with Crippen molar-refractivity contribution >= 4 is 37.8 Å². The average molecular weight is 494 g/mol. The molecule has 0 unspecified atom stereocenters. The molecule has 0 fully saturated rings. The number of ether oxygens (including phenoxy) is 1. The van der Waals surface area contributed by atoms with E-state index in [9.17, 15) is 9.18 Å². The minimum absolute atomic E-state index is 0.161. The van der Waals surface area contributed by atoms with Gasteiger partial charge in [-0.2, -0.15) is 0 Å². The maximum absolute atomic E-state index is 13.0. The first kappa shape index (κ1) is 19.5. The van der Waals surface area contributed by atoms with Crippen molar-refractivity contribution in [3.8, 4) is 5.75 Å². The van der Waals surface area contributed by atoms with Crippen LogP contribution in [-0.2, 0) is 13.2 Å². The molecule has 138 valence electrons. The van der Waals surface area contributed by atoms with Gasteiger partial charge in [0.15, 0.2) is 11.4 Å². The van der Waals surface area contributed by atoms with Gasteiger partial charge in [-0.15, -0.1) is 0 Å². The van der Waals surface area contributed by atoms with E-state index in [1.54, 1.807) is 18.2 Å². The van der Waals surface area contributed by atoms with E-state index in [4.69, 9.17) is 4.74 Å². The van der Waals surface area contributed by atoms with E-state index in [0.717, 1.165) is 11.1 Å². The lowest BCUT2D eigenvalue weighted by Gasteiger charge is -2.13. The molecule has 7 heteroatoms. The second-order valence-electron chi connectivity index (χ2n) is 5.69. The third kappa shape index (κ3) is 5.37. The van der Waals surface area contributed by atoms with Crippen LogP contribution < -0.4 is 10.1 Å². The zero-order valence-corrected chi connectivity index (χ0v) is 17.3. The van der Waals surface area contributed by atoms with Crippen LogP contribution in [0.25, 0.3) is 0 Å². The van der Waals surface area contributed by atoms with Crippen molar-refractivity contribution < 1.29 is 13.9 Å². The Balaban J connectivity index is 1.76. The van der Waals surface area contributed by atoms with Crippen LogP contribution in [0.1, 0.15) is 21.6 Å². The van der Waals surface area contributed by atoms with Gasteiger partial charge in [-0.25, -0.2) is 9.37 Å². The summed E-state index contributed by atoms with van der Waals surface area (Å²) in [6, 6.07) is 17.3. The van der Waals surface area contributed by atoms with Crippen molar-refractivity contribution in [2.45, 2.75) is 13.2 Å². The maximum atomic E-state index is 13.0. The van der Waals surface area contributed by atoms with Crippen molar-refractivity contribution in [3.63, 3.8) is 0 Å². The molecule has 0 aliphatic rings. The van der Waals surface area contributed by atoms with Gasteiger partial charge in [0, 0.05) is 6.54 Å². The van der Waals surface area contributed by atoms with Gasteiger partial charge >= 0.3 is 0 Å². The van der Waals surface area contributed by atoms with E-state index in [1.807, 2.05) is 30.3 Å². The predicted octanol–water partition coefficient (Wildman–Crippen LogP) is 5.25. The van der Waals surface area contributed by atoms with E-state index in [2.05, 4.69) is 42.2 Å². The Kier molecular flexibility index (Phi) is 6.58. The van der Waals surface area contributed by atoms with Crippen molar-refractivity contribution in [1.29, 1.82) is 0 Å². The summed E-state index contributed by atoms with van der Waals surface area (Å²) in [5.74, 6) is -0.345. The number of amides is 1. The molecule has 0 saturated heterocycles. The van der Waals surface area contributed by atoms with Crippen LogP contribution in [0, 0.1) is 5.82 Å². The highest BCUT2D eigenvalue weighted by atomic mass is 79.9. The molecule has 0 bridgehead atoms. The zero-order valence-electron chi connectivity index (χ0n) is 14.1. The SMILES string of the molecule is O=C(NCc1ccc(F)cc1)c1nc(Br)cc(Br)c1OCc1ccccc1. The molecular weight excluding hydrogens is 479 g/mol. The monoisotopic (exact) mass is 492 g/mol. The summed E-state index contributed by atoms with van der Waals surface area (Å²) in [5.41, 5.74) is 1.92. The quantitative estimate of drug-likeness (QED) is 0.477. The molecule has 0 aliphatic heterocycles. The van der Waals surface area contributed by atoms with Crippen LogP contribution >= 0.6 is 31.9 Å². The number of halogens is 3. The van der Waals surface area contributed by atoms with E-state index in [1.165, 1.54) is 12.1 Å². The van der Waals surface area contributed by atoms with E-state index in [-0.39, 0.29) is 24.0 Å². The Morgan fingerprint density at radius 2 is 1.74 bits per heavy atom. The Labute approximate surface area is 173 Å². The summed E-state index contributed by atoms with van der Waals surface area (Å²) in [5, 5.41) is 2.78. The third-order valence-corrected chi connectivity index (χ3v) is 4.70. The summed E-state index contributed by atoms with van der Waals surface area (Å²) in [7, 11) is 0. The lowest BCUT2D eigenvalue weighted by molar-refractivity contribution is 0.0940. The Morgan fingerprint density at radius 1 is 1.04 bits per heavy atom. The standard InChI is InChI=1S/C20H15Br2FN2O2/c21-16-10-17(22)25-18(19(16)27-12-14-4-2-1-3-5-14)20(26)24-11-13-6-8-15(23)9-7-13/h1-10H,11-12H2,(H,24,26). The second-order valence-corrected chi connectivity index (χ2v) is 7.35. The van der Waals surface area contributed by atoms with Gasteiger partial charge in [-0.05, 0) is 61.2 Å². The van der Waals surface area contributed by atoms with Crippen molar-refractivity contribution in [1.82, 2.24) is 10.3 Å². The molecule has 0 saturated carbocycles. The van der Waals surface area contributed by atoms with Gasteiger partial charge in [0.1, 0.15) is 17.0 Å². The second kappa shape index (κ2) is 9.10. The number of hydrogen-bond acceptors (Lipinski definition) is 3. The van der Waals surface area contributed by atoms with Crippen LogP contribution in [0.15, 0.2) is 69.7 Å². The molecule has 3 rings (SSSR count). The number of nitrogens with zero attached hydrogens (tertiary/aromatic N) is 1. The summed E-state index contributed by atoms with van der Waals surface area (Å²) in [6.45, 7) is 0.560. The van der Waals surface area contributed by atoms with Crippen molar-refractivity contribution in [2.75, 3.05) is 0 Å². The first-order valence-corrected chi connectivity index (χ1v) is 9.67. The highest BCUT2D eigenvalue weighted by Crippen LogP contribution is 2.31. The Hall–Kier alpha value is -2.25. The molecular formula is C20H15Br2FN2O2. The van der Waals surface area contributed by atoms with Crippen LogP contribution in [-0.4, -0.2) is 10.9 Å². The number of pyridine rings is 1. The largest absolute Gasteiger partial charge is 0.485 e. The summed E-state index contributed by atoms with van der Waals surface area (Å²) < 4.78 is 20.0. The fourth-order valence-corrected chi connectivity index (χ4v) is 3.59. The summed E-state index contributed by atoms with van der Waals surface area (Å²) >= 11 is 6.72. The number of nitrogens with one attached hydrogen (secondary N) is 1. The fourth-order valence-electron chi connectivity index (χ4n) is 2.36. The Morgan fingerprint density at radius 3 is 2.44 bits per heavy atom. The van der Waals surface area contributed by atoms with Gasteiger partial charge in [0.2, 0.25) is 0 Å². The van der Waals surface area contributed by atoms with E-state index >= 15 is 0 Å². The van der Waals surface area contributed by atoms with Crippen LogP contribution in [0.3, 0.4) is 0 Å². The van der Waals surface area contributed by atoms with Gasteiger partial charge in [-0.3, -0.25) is 4.79 Å². The molecule has 0 atom stereocenters. The van der Waals surface area contributed by atoms with Gasteiger partial charge in [0.25, 0.3) is 5.91 Å². The summed E-state index contributed by atoms with van der Waals surface area (Å²) in [6.07, 6.45) is 0. The smallest absolute Gasteiger partial charge is 0.274 e. The molecule has 1 amide bonds. The third-order valence-electron chi connectivity index (χ3n) is 3.70. The summed E-state index contributed by atoms with van der Waals surface area (Å²) in [4.78, 5) is 16.9. The lowest BCUT2D eigenvalue weighted by Crippen LogP contribution is -2.25. The molecule has 1 heterocycles. The number of rotatable bonds is 6. The van der Waals surface area contributed by atoms with Crippen molar-refractivity contribution in [3.05, 3.63) is 92.4 Å². The molecule has 1 aromatic heterocycles. The lowest BCUT2D eigenvalue weighted by atomic mass is 10.2. The minimum atomic E-state index is -0.385. The normalized spacial score (nSPS) is 10.5. The van der Waals surface area contributed by atoms with Crippen molar-refractivity contribution in [2.24, 2.45) is 0 Å². The number of hydrogen-bond donors (Lipinski definition) is 1. The maximum Gasteiger partial charge on any atom is 0.274 e. The molecule has 0 aliphatic carbocycles. The first-order valence-electron chi connectivity index (χ1n) is 8.08. The predicted molar refractivity (Wildman–Crippen MR) is 108 cm³/mol. The zero-order chi connectivity index (χ0) is 19.2. The molecule has 3 aromatic rings. The molecule has 0 radical (unpaired) electrons. The minimum Gasteiger partial charge on any atom is -0.485 e. The molecule has 0 spiro atoms. The number of benzene rings is 2. The number of carbonyl (C=O) groups excluding carboxylic acids is 1. The highest BCUT2D eigenvalue weighted by Gasteiger charge is 2.19. The van der Waals surface area contributed by atoms with Crippen LogP contribution in [0.2, 0.25) is 0 Å². The topological polar surface area (TPSA) is 51.2 Å². The van der Waals surface area contributed by atoms with Gasteiger partial charge < -0.3 is 10.1 Å².